The van der Waals surface area contributed by atoms with Crippen molar-refractivity contribution >= 4 is 5.52 Å². The summed E-state index contributed by atoms with van der Waals surface area (Å²) in [6.07, 6.45) is 3.55. The summed E-state index contributed by atoms with van der Waals surface area (Å²) < 4.78 is 1.75. The molecule has 1 N–H and O–H groups in total. The van der Waals surface area contributed by atoms with E-state index < -0.39 is 0 Å². The van der Waals surface area contributed by atoms with Crippen LogP contribution in [0, 0.1) is 11.8 Å². The Kier molecular flexibility index (Phi) is 1.99. The van der Waals surface area contributed by atoms with Crippen LogP contribution in [0.3, 0.4) is 0 Å². The summed E-state index contributed by atoms with van der Waals surface area (Å²) in [5.41, 5.74) is 1.80. The van der Waals surface area contributed by atoms with Crippen LogP contribution >= 0.6 is 0 Å². The van der Waals surface area contributed by atoms with E-state index in [2.05, 4.69) is 16.9 Å². The molecule has 2 rings (SSSR count). The highest BCUT2D eigenvalue weighted by molar-refractivity contribution is 5.60. The van der Waals surface area contributed by atoms with Crippen molar-refractivity contribution in [1.82, 2.24) is 9.61 Å². The number of nitrogens with zero attached hydrogens (tertiary/aromatic N) is 2. The summed E-state index contributed by atoms with van der Waals surface area (Å²) in [4.78, 5) is 0. The van der Waals surface area contributed by atoms with E-state index in [0.29, 0.717) is 0 Å². The predicted molar refractivity (Wildman–Crippen MR) is 49.2 cm³/mol. The molecule has 0 bridgehead atoms. The number of hydrogen-bond donors (Lipinski definition) is 1. The second-order valence-electron chi connectivity index (χ2n) is 2.55. The number of hydrogen-bond acceptors (Lipinski definition) is 2. The molecular formula is C10H8N2O. The molecule has 0 aromatic carbocycles. The maximum atomic E-state index is 8.54. The molecule has 3 nitrogen and oxygen atoms in total. The van der Waals surface area contributed by atoms with E-state index in [-0.39, 0.29) is 6.61 Å². The summed E-state index contributed by atoms with van der Waals surface area (Å²) in [5, 5.41) is 12.6. The fraction of sp³-hybridized carbons (Fsp3) is 0.100. The number of rotatable bonds is 0. The highest BCUT2D eigenvalue weighted by Gasteiger charge is 1.97. The van der Waals surface area contributed by atoms with Gasteiger partial charge in [-0.3, -0.25) is 0 Å². The van der Waals surface area contributed by atoms with Gasteiger partial charge in [-0.15, -0.1) is 0 Å². The lowest BCUT2D eigenvalue weighted by Gasteiger charge is -1.89. The fourth-order valence-corrected chi connectivity index (χ4v) is 1.17. The van der Waals surface area contributed by atoms with Gasteiger partial charge < -0.3 is 5.11 Å². The van der Waals surface area contributed by atoms with E-state index >= 15 is 0 Å². The Hall–Kier alpha value is -1.79. The van der Waals surface area contributed by atoms with Crippen LogP contribution < -0.4 is 0 Å². The van der Waals surface area contributed by atoms with Crippen molar-refractivity contribution in [2.75, 3.05) is 6.61 Å². The van der Waals surface area contributed by atoms with E-state index in [1.807, 2.05) is 24.4 Å². The van der Waals surface area contributed by atoms with Gasteiger partial charge in [0.1, 0.15) is 6.61 Å². The van der Waals surface area contributed by atoms with E-state index in [0.717, 1.165) is 11.1 Å². The highest BCUT2D eigenvalue weighted by atomic mass is 16.2. The van der Waals surface area contributed by atoms with Gasteiger partial charge in [-0.05, 0) is 12.1 Å². The number of aliphatic hydroxyl groups excluding tert-OH is 1. The Balaban J connectivity index is 2.58. The SMILES string of the molecule is OCC#Cc1cnn2ccccc12. The average Bonchev–Trinajstić information content (AvgIpc) is 2.58. The smallest absolute Gasteiger partial charge is 0.104 e. The Morgan fingerprint density at radius 3 is 3.23 bits per heavy atom. The molecule has 0 unspecified atom stereocenters. The largest absolute Gasteiger partial charge is 0.384 e. The van der Waals surface area contributed by atoms with Gasteiger partial charge in [0.25, 0.3) is 0 Å². The molecule has 2 aromatic heterocycles. The first kappa shape index (κ1) is 7.84. The lowest BCUT2D eigenvalue weighted by Crippen LogP contribution is -1.83. The first-order chi connectivity index (χ1) is 6.42. The first-order valence-corrected chi connectivity index (χ1v) is 3.94. The number of aromatic nitrogens is 2. The first-order valence-electron chi connectivity index (χ1n) is 3.94. The van der Waals surface area contributed by atoms with E-state index in [1.165, 1.54) is 0 Å². The second-order valence-corrected chi connectivity index (χ2v) is 2.55. The van der Waals surface area contributed by atoms with Crippen molar-refractivity contribution in [3.63, 3.8) is 0 Å². The van der Waals surface area contributed by atoms with Gasteiger partial charge in [-0.2, -0.15) is 5.10 Å². The lowest BCUT2D eigenvalue weighted by molar-refractivity contribution is 0.350. The minimum absolute atomic E-state index is 0.121. The van der Waals surface area contributed by atoms with E-state index in [4.69, 9.17) is 5.11 Å². The molecule has 0 amide bonds. The average molecular weight is 172 g/mol. The Morgan fingerprint density at radius 1 is 1.46 bits per heavy atom. The Morgan fingerprint density at radius 2 is 2.38 bits per heavy atom. The van der Waals surface area contributed by atoms with Gasteiger partial charge in [0.15, 0.2) is 0 Å². The van der Waals surface area contributed by atoms with Crippen molar-refractivity contribution in [2.45, 2.75) is 0 Å². The van der Waals surface area contributed by atoms with Crippen LogP contribution in [0.2, 0.25) is 0 Å². The van der Waals surface area contributed by atoms with Gasteiger partial charge in [-0.1, -0.05) is 17.9 Å². The molecule has 2 heterocycles. The van der Waals surface area contributed by atoms with Crippen LogP contribution in [-0.2, 0) is 0 Å². The zero-order valence-electron chi connectivity index (χ0n) is 6.94. The van der Waals surface area contributed by atoms with Crippen LogP contribution in [0.15, 0.2) is 30.6 Å². The van der Waals surface area contributed by atoms with Gasteiger partial charge in [-0.25, -0.2) is 4.52 Å². The van der Waals surface area contributed by atoms with Crippen LogP contribution in [0.4, 0.5) is 0 Å². The normalized spacial score (nSPS) is 9.62. The lowest BCUT2D eigenvalue weighted by atomic mass is 10.3. The van der Waals surface area contributed by atoms with Gasteiger partial charge in [0.2, 0.25) is 0 Å². The van der Waals surface area contributed by atoms with Crippen molar-refractivity contribution < 1.29 is 5.11 Å². The molecule has 0 saturated carbocycles. The van der Waals surface area contributed by atoms with Crippen molar-refractivity contribution in [3.05, 3.63) is 36.2 Å². The molecule has 0 fully saturated rings. The third-order valence-corrected chi connectivity index (χ3v) is 1.73. The molecule has 2 aromatic rings. The second kappa shape index (κ2) is 3.30. The molecule has 13 heavy (non-hydrogen) atoms. The fourth-order valence-electron chi connectivity index (χ4n) is 1.17. The zero-order chi connectivity index (χ0) is 9.10. The van der Waals surface area contributed by atoms with Crippen LogP contribution in [0.25, 0.3) is 5.52 Å². The minimum atomic E-state index is -0.121. The standard InChI is InChI=1S/C10H8N2O/c13-7-3-4-9-8-11-12-6-2-1-5-10(9)12/h1-2,5-6,8,13H,7H2. The van der Waals surface area contributed by atoms with Crippen LogP contribution in [0.1, 0.15) is 5.56 Å². The zero-order valence-corrected chi connectivity index (χ0v) is 6.94. The maximum Gasteiger partial charge on any atom is 0.104 e. The summed E-state index contributed by atoms with van der Waals surface area (Å²) in [5.74, 6) is 5.43. The van der Waals surface area contributed by atoms with Gasteiger partial charge in [0, 0.05) is 6.20 Å². The van der Waals surface area contributed by atoms with Crippen molar-refractivity contribution in [2.24, 2.45) is 0 Å². The molecule has 0 aliphatic heterocycles. The molecule has 0 spiro atoms. The number of aliphatic hydroxyl groups is 1. The summed E-state index contributed by atoms with van der Waals surface area (Å²) in [7, 11) is 0. The van der Waals surface area contributed by atoms with Crippen molar-refractivity contribution in [3.8, 4) is 11.8 Å². The molecular weight excluding hydrogens is 164 g/mol. The Bertz CT molecular complexity index is 476. The molecule has 0 aliphatic rings. The summed E-state index contributed by atoms with van der Waals surface area (Å²) in [6.45, 7) is -0.121. The molecule has 0 radical (unpaired) electrons. The third-order valence-electron chi connectivity index (χ3n) is 1.73. The predicted octanol–water partition coefficient (Wildman–Crippen LogP) is 0.678. The van der Waals surface area contributed by atoms with Gasteiger partial charge in [0.05, 0.1) is 17.3 Å². The topological polar surface area (TPSA) is 37.5 Å². The molecule has 0 saturated heterocycles. The quantitative estimate of drug-likeness (QED) is 0.593. The molecule has 0 aliphatic carbocycles. The molecule has 3 heteroatoms. The third kappa shape index (κ3) is 1.40. The Labute approximate surface area is 75.6 Å². The van der Waals surface area contributed by atoms with Crippen molar-refractivity contribution in [1.29, 1.82) is 0 Å². The van der Waals surface area contributed by atoms with Crippen LogP contribution in [0.5, 0.6) is 0 Å². The van der Waals surface area contributed by atoms with E-state index in [1.54, 1.807) is 10.7 Å². The van der Waals surface area contributed by atoms with Gasteiger partial charge >= 0.3 is 0 Å². The molecule has 64 valence electrons. The number of fused-ring (bicyclic) bond motifs is 1. The monoisotopic (exact) mass is 172 g/mol. The minimum Gasteiger partial charge on any atom is -0.384 e. The number of pyridine rings is 1. The molecule has 0 atom stereocenters. The summed E-state index contributed by atoms with van der Waals surface area (Å²) >= 11 is 0. The maximum absolute atomic E-state index is 8.54. The highest BCUT2D eigenvalue weighted by Crippen LogP contribution is 2.07. The van der Waals surface area contributed by atoms with E-state index in [9.17, 15) is 0 Å². The van der Waals surface area contributed by atoms with Crippen LogP contribution in [-0.4, -0.2) is 21.3 Å². The summed E-state index contributed by atoms with van der Waals surface area (Å²) in [6, 6.07) is 5.78.